The number of carboxylic acids is 1. The maximum Gasteiger partial charge on any atom is 0.335 e. The normalized spacial score (nSPS) is 10.3. The number of pyridine rings is 1. The molecule has 0 spiro atoms. The molecule has 1 aromatic carbocycles. The van der Waals surface area contributed by atoms with E-state index in [1.54, 1.807) is 30.6 Å². The summed E-state index contributed by atoms with van der Waals surface area (Å²) in [6.07, 6.45) is 3.28. The van der Waals surface area contributed by atoms with E-state index in [4.69, 9.17) is 5.11 Å². The summed E-state index contributed by atoms with van der Waals surface area (Å²) in [6, 6.07) is 9.79. The Bertz CT molecular complexity index is 758. The second kappa shape index (κ2) is 5.41. The van der Waals surface area contributed by atoms with Crippen LogP contribution in [0.25, 0.3) is 22.8 Å². The molecule has 102 valence electrons. The number of aromatic nitrogens is 5. The fourth-order valence-corrected chi connectivity index (χ4v) is 1.72. The van der Waals surface area contributed by atoms with Gasteiger partial charge in [-0.1, -0.05) is 12.1 Å². The Kier molecular flexibility index (Phi) is 3.30. The molecule has 0 aliphatic carbocycles. The van der Waals surface area contributed by atoms with E-state index in [9.17, 15) is 4.79 Å². The minimum atomic E-state index is -0.981. The standard InChI is InChI=1S/C14H9N5O2/c20-14(21)10-5-3-9(4-6-10)12-16-18-13(19-17-12)11-2-1-7-15-8-11/h1-8H,(H,20,21). The zero-order chi connectivity index (χ0) is 14.7. The minimum absolute atomic E-state index is 0.201. The lowest BCUT2D eigenvalue weighted by Crippen LogP contribution is -2.00. The first-order valence-electron chi connectivity index (χ1n) is 6.05. The van der Waals surface area contributed by atoms with Gasteiger partial charge in [-0.15, -0.1) is 20.4 Å². The molecule has 0 saturated carbocycles. The Labute approximate surface area is 119 Å². The average molecular weight is 279 g/mol. The fraction of sp³-hybridized carbons (Fsp3) is 0. The molecule has 0 bridgehead atoms. The van der Waals surface area contributed by atoms with Gasteiger partial charge in [0, 0.05) is 23.5 Å². The van der Waals surface area contributed by atoms with E-state index < -0.39 is 5.97 Å². The third kappa shape index (κ3) is 2.71. The fourth-order valence-electron chi connectivity index (χ4n) is 1.72. The van der Waals surface area contributed by atoms with Crippen LogP contribution in [0.5, 0.6) is 0 Å². The van der Waals surface area contributed by atoms with Crippen LogP contribution >= 0.6 is 0 Å². The van der Waals surface area contributed by atoms with Gasteiger partial charge in [0.25, 0.3) is 0 Å². The van der Waals surface area contributed by atoms with Crippen LogP contribution in [0.3, 0.4) is 0 Å². The first-order chi connectivity index (χ1) is 10.2. The van der Waals surface area contributed by atoms with Crippen molar-refractivity contribution in [2.75, 3.05) is 0 Å². The minimum Gasteiger partial charge on any atom is -0.478 e. The molecule has 0 aliphatic rings. The summed E-state index contributed by atoms with van der Waals surface area (Å²) in [5, 5.41) is 24.9. The van der Waals surface area contributed by atoms with Crippen LogP contribution in [0.15, 0.2) is 48.8 Å². The topological polar surface area (TPSA) is 102 Å². The Balaban J connectivity index is 1.89. The smallest absolute Gasteiger partial charge is 0.335 e. The second-order valence-corrected chi connectivity index (χ2v) is 4.17. The van der Waals surface area contributed by atoms with Gasteiger partial charge in [0.2, 0.25) is 11.6 Å². The average Bonchev–Trinajstić information content (AvgIpc) is 2.56. The zero-order valence-electron chi connectivity index (χ0n) is 10.7. The molecule has 0 amide bonds. The molecule has 3 rings (SSSR count). The van der Waals surface area contributed by atoms with Gasteiger partial charge in [0.15, 0.2) is 0 Å². The highest BCUT2D eigenvalue weighted by Gasteiger charge is 2.08. The van der Waals surface area contributed by atoms with Gasteiger partial charge in [-0.3, -0.25) is 4.98 Å². The van der Waals surface area contributed by atoms with Crippen LogP contribution < -0.4 is 0 Å². The number of rotatable bonds is 3. The predicted molar refractivity (Wildman–Crippen MR) is 73.2 cm³/mol. The molecular weight excluding hydrogens is 270 g/mol. The first-order valence-corrected chi connectivity index (χ1v) is 6.05. The summed E-state index contributed by atoms with van der Waals surface area (Å²) >= 11 is 0. The Morgan fingerprint density at radius 3 is 2.00 bits per heavy atom. The van der Waals surface area contributed by atoms with E-state index >= 15 is 0 Å². The number of benzene rings is 1. The summed E-state index contributed by atoms with van der Waals surface area (Å²) in [5.74, 6) is -0.265. The number of carbonyl (C=O) groups is 1. The van der Waals surface area contributed by atoms with Crippen LogP contribution in [0.2, 0.25) is 0 Å². The van der Waals surface area contributed by atoms with Crippen LogP contribution in [0.4, 0.5) is 0 Å². The van der Waals surface area contributed by atoms with Crippen molar-refractivity contribution in [3.05, 3.63) is 54.4 Å². The Hall–Kier alpha value is -3.22. The number of aromatic carboxylic acids is 1. The van der Waals surface area contributed by atoms with Gasteiger partial charge in [-0.2, -0.15) is 0 Å². The van der Waals surface area contributed by atoms with E-state index in [0.29, 0.717) is 17.2 Å². The summed E-state index contributed by atoms with van der Waals surface area (Å²) in [4.78, 5) is 14.8. The number of hydrogen-bond acceptors (Lipinski definition) is 6. The molecule has 0 fully saturated rings. The quantitative estimate of drug-likeness (QED) is 0.778. The molecule has 7 heteroatoms. The third-order valence-electron chi connectivity index (χ3n) is 2.79. The van der Waals surface area contributed by atoms with Gasteiger partial charge < -0.3 is 5.11 Å². The zero-order valence-corrected chi connectivity index (χ0v) is 10.7. The molecule has 0 atom stereocenters. The first kappa shape index (κ1) is 12.8. The third-order valence-corrected chi connectivity index (χ3v) is 2.79. The van der Waals surface area contributed by atoms with Crippen molar-refractivity contribution in [2.24, 2.45) is 0 Å². The van der Waals surface area contributed by atoms with Crippen molar-refractivity contribution in [1.29, 1.82) is 0 Å². The van der Waals surface area contributed by atoms with E-state index in [2.05, 4.69) is 25.4 Å². The number of carboxylic acid groups (broad SMARTS) is 1. The van der Waals surface area contributed by atoms with Crippen LogP contribution in [0, 0.1) is 0 Å². The molecule has 3 aromatic rings. The highest BCUT2D eigenvalue weighted by molar-refractivity contribution is 5.88. The van der Waals surface area contributed by atoms with Crippen LogP contribution in [0.1, 0.15) is 10.4 Å². The Morgan fingerprint density at radius 2 is 1.48 bits per heavy atom. The van der Waals surface area contributed by atoms with Crippen molar-refractivity contribution >= 4 is 5.97 Å². The summed E-state index contributed by atoms with van der Waals surface area (Å²) in [6.45, 7) is 0. The molecule has 1 N–H and O–H groups in total. The van der Waals surface area contributed by atoms with Gasteiger partial charge >= 0.3 is 5.97 Å². The predicted octanol–water partition coefficient (Wildman–Crippen LogP) is 1.69. The largest absolute Gasteiger partial charge is 0.478 e. The van der Waals surface area contributed by atoms with Crippen LogP contribution in [-0.4, -0.2) is 36.5 Å². The molecule has 7 nitrogen and oxygen atoms in total. The Morgan fingerprint density at radius 1 is 0.857 bits per heavy atom. The molecular formula is C14H9N5O2. The van der Waals surface area contributed by atoms with Gasteiger partial charge in [-0.25, -0.2) is 4.79 Å². The molecule has 0 unspecified atom stereocenters. The molecule has 0 saturated heterocycles. The van der Waals surface area contributed by atoms with Crippen LogP contribution in [-0.2, 0) is 0 Å². The van der Waals surface area contributed by atoms with Crippen molar-refractivity contribution < 1.29 is 9.90 Å². The maximum absolute atomic E-state index is 10.8. The van der Waals surface area contributed by atoms with Crippen molar-refractivity contribution in [1.82, 2.24) is 25.4 Å². The van der Waals surface area contributed by atoms with Gasteiger partial charge in [0.05, 0.1) is 5.56 Å². The van der Waals surface area contributed by atoms with Crippen molar-refractivity contribution in [3.63, 3.8) is 0 Å². The lowest BCUT2D eigenvalue weighted by molar-refractivity contribution is 0.0697. The van der Waals surface area contributed by atoms with E-state index in [1.165, 1.54) is 12.1 Å². The van der Waals surface area contributed by atoms with E-state index in [0.717, 1.165) is 5.56 Å². The number of nitrogens with zero attached hydrogens (tertiary/aromatic N) is 5. The van der Waals surface area contributed by atoms with E-state index in [1.807, 2.05) is 6.07 Å². The second-order valence-electron chi connectivity index (χ2n) is 4.17. The summed E-state index contributed by atoms with van der Waals surface area (Å²) in [7, 11) is 0. The molecule has 21 heavy (non-hydrogen) atoms. The lowest BCUT2D eigenvalue weighted by Gasteiger charge is -2.01. The van der Waals surface area contributed by atoms with Crippen molar-refractivity contribution in [3.8, 4) is 22.8 Å². The van der Waals surface area contributed by atoms with E-state index in [-0.39, 0.29) is 5.56 Å². The highest BCUT2D eigenvalue weighted by atomic mass is 16.4. The monoisotopic (exact) mass is 279 g/mol. The SMILES string of the molecule is O=C(O)c1ccc(-c2nnc(-c3cccnc3)nn2)cc1. The summed E-state index contributed by atoms with van der Waals surface area (Å²) < 4.78 is 0. The van der Waals surface area contributed by atoms with Gasteiger partial charge in [0.1, 0.15) is 0 Å². The van der Waals surface area contributed by atoms with Gasteiger partial charge in [-0.05, 0) is 24.3 Å². The molecule has 0 radical (unpaired) electrons. The number of hydrogen-bond donors (Lipinski definition) is 1. The lowest BCUT2D eigenvalue weighted by atomic mass is 10.1. The molecule has 0 aliphatic heterocycles. The summed E-state index contributed by atoms with van der Waals surface area (Å²) in [5.41, 5.74) is 1.58. The van der Waals surface area contributed by atoms with Crippen molar-refractivity contribution in [2.45, 2.75) is 0 Å². The molecule has 2 heterocycles. The molecule has 2 aromatic heterocycles. The maximum atomic E-state index is 10.8. The highest BCUT2D eigenvalue weighted by Crippen LogP contribution is 2.16.